The van der Waals surface area contributed by atoms with Gasteiger partial charge in [0, 0.05) is 29.6 Å². The van der Waals surface area contributed by atoms with E-state index in [-0.39, 0.29) is 28.2 Å². The van der Waals surface area contributed by atoms with Crippen molar-refractivity contribution in [1.82, 2.24) is 0 Å². The zero-order valence-corrected chi connectivity index (χ0v) is 15.1. The molecule has 1 spiro atoms. The van der Waals surface area contributed by atoms with Crippen LogP contribution < -0.4 is 0 Å². The lowest BCUT2D eigenvalue weighted by atomic mass is 9.52. The number of ketones is 1. The SMILES string of the molecule is C[C@]12CCC(=O)C=C1C=C[C@@H]1C2=CC[C@@]2(C)[C@H]1CC[C@@]21CCC(=O)O1. The molecule has 0 aromatic rings. The Hall–Kier alpha value is -1.64. The van der Waals surface area contributed by atoms with E-state index in [1.807, 2.05) is 6.08 Å². The fraction of sp³-hybridized carbons (Fsp3) is 0.636. The first-order valence-electron chi connectivity index (χ1n) is 9.74. The predicted molar refractivity (Wildman–Crippen MR) is 94.6 cm³/mol. The molecule has 0 aromatic heterocycles. The minimum atomic E-state index is -0.246. The molecule has 2 fully saturated rings. The maximum atomic E-state index is 11.9. The number of ether oxygens (including phenoxy) is 1. The standard InChI is InChI=1S/C22H26O3/c1-20-9-5-15(23)13-14(20)3-4-16-17(20)6-10-21(2)18(16)7-11-22(21)12-8-19(24)25-22/h3-4,6,13,16,18H,5,7-12H2,1-2H3/t16-,18+,20+,21+,22-/m1/s1. The average molecular weight is 338 g/mol. The Bertz CT molecular complexity index is 772. The van der Waals surface area contributed by atoms with Crippen LogP contribution in [-0.4, -0.2) is 17.4 Å². The van der Waals surface area contributed by atoms with Gasteiger partial charge >= 0.3 is 5.97 Å². The van der Waals surface area contributed by atoms with Crippen molar-refractivity contribution in [3.05, 3.63) is 35.5 Å². The van der Waals surface area contributed by atoms with Crippen LogP contribution in [0.25, 0.3) is 0 Å². The monoisotopic (exact) mass is 338 g/mol. The Balaban J connectivity index is 1.58. The maximum absolute atomic E-state index is 11.9. The third kappa shape index (κ3) is 1.82. The van der Waals surface area contributed by atoms with Gasteiger partial charge in [-0.2, -0.15) is 0 Å². The van der Waals surface area contributed by atoms with Gasteiger partial charge in [-0.25, -0.2) is 0 Å². The first-order chi connectivity index (χ1) is 11.9. The molecule has 0 amide bonds. The van der Waals surface area contributed by atoms with E-state index in [1.54, 1.807) is 0 Å². The van der Waals surface area contributed by atoms with Gasteiger partial charge in [0.15, 0.2) is 5.78 Å². The fourth-order valence-electron chi connectivity index (χ4n) is 6.62. The molecule has 5 atom stereocenters. The molecule has 1 aliphatic heterocycles. The summed E-state index contributed by atoms with van der Waals surface area (Å²) < 4.78 is 5.96. The van der Waals surface area contributed by atoms with Gasteiger partial charge in [-0.05, 0) is 49.7 Å². The molecule has 1 saturated carbocycles. The summed E-state index contributed by atoms with van der Waals surface area (Å²) in [5.74, 6) is 1.20. The van der Waals surface area contributed by atoms with Gasteiger partial charge in [-0.1, -0.05) is 37.6 Å². The lowest BCUT2D eigenvalue weighted by Crippen LogP contribution is -2.50. The largest absolute Gasteiger partial charge is 0.458 e. The van der Waals surface area contributed by atoms with Crippen LogP contribution in [0.15, 0.2) is 35.5 Å². The van der Waals surface area contributed by atoms with E-state index in [2.05, 4.69) is 32.1 Å². The van der Waals surface area contributed by atoms with Crippen molar-refractivity contribution in [2.24, 2.45) is 22.7 Å². The number of rotatable bonds is 0. The third-order valence-corrected chi connectivity index (χ3v) is 8.24. The van der Waals surface area contributed by atoms with Crippen molar-refractivity contribution < 1.29 is 14.3 Å². The van der Waals surface area contributed by atoms with Gasteiger partial charge in [-0.3, -0.25) is 9.59 Å². The van der Waals surface area contributed by atoms with E-state index < -0.39 is 0 Å². The number of hydrogen-bond acceptors (Lipinski definition) is 3. The second-order valence-electron chi connectivity index (χ2n) is 9.18. The molecular formula is C22H26O3. The molecule has 4 aliphatic carbocycles. The first kappa shape index (κ1) is 15.6. The smallest absolute Gasteiger partial charge is 0.306 e. The second kappa shape index (κ2) is 4.75. The Morgan fingerprint density at radius 2 is 1.96 bits per heavy atom. The highest BCUT2D eigenvalue weighted by atomic mass is 16.6. The molecule has 0 unspecified atom stereocenters. The number of allylic oxidation sites excluding steroid dienone is 6. The zero-order chi connectivity index (χ0) is 17.4. The average Bonchev–Trinajstić information content (AvgIpc) is 3.10. The second-order valence-corrected chi connectivity index (χ2v) is 9.18. The molecule has 0 N–H and O–H groups in total. The van der Waals surface area contributed by atoms with E-state index >= 15 is 0 Å². The number of carbonyl (C=O) groups is 2. The van der Waals surface area contributed by atoms with Crippen LogP contribution in [0, 0.1) is 22.7 Å². The predicted octanol–water partition coefficient (Wildman–Crippen LogP) is 4.29. The number of esters is 1. The van der Waals surface area contributed by atoms with E-state index in [1.165, 1.54) is 11.1 Å². The molecule has 0 bridgehead atoms. The van der Waals surface area contributed by atoms with E-state index in [9.17, 15) is 9.59 Å². The van der Waals surface area contributed by atoms with Crippen LogP contribution in [0.1, 0.15) is 58.8 Å². The molecule has 25 heavy (non-hydrogen) atoms. The summed E-state index contributed by atoms with van der Waals surface area (Å²) in [5, 5.41) is 0. The van der Waals surface area contributed by atoms with Crippen LogP contribution in [0.5, 0.6) is 0 Å². The quantitative estimate of drug-likeness (QED) is 0.489. The lowest BCUT2D eigenvalue weighted by molar-refractivity contribution is -0.159. The number of hydrogen-bond donors (Lipinski definition) is 0. The van der Waals surface area contributed by atoms with Gasteiger partial charge in [0.05, 0.1) is 0 Å². The van der Waals surface area contributed by atoms with Gasteiger partial charge in [0.25, 0.3) is 0 Å². The molecule has 3 heteroatoms. The highest BCUT2D eigenvalue weighted by Gasteiger charge is 2.64. The van der Waals surface area contributed by atoms with Crippen LogP contribution in [0.4, 0.5) is 0 Å². The molecule has 0 radical (unpaired) electrons. The van der Waals surface area contributed by atoms with Gasteiger partial charge in [0.2, 0.25) is 0 Å². The van der Waals surface area contributed by atoms with Crippen LogP contribution in [0.2, 0.25) is 0 Å². The van der Waals surface area contributed by atoms with Gasteiger partial charge < -0.3 is 4.74 Å². The molecule has 5 aliphatic rings. The molecular weight excluding hydrogens is 312 g/mol. The highest BCUT2D eigenvalue weighted by Crippen LogP contribution is 2.66. The Labute approximate surface area is 149 Å². The topological polar surface area (TPSA) is 43.4 Å². The summed E-state index contributed by atoms with van der Waals surface area (Å²) in [4.78, 5) is 23.8. The maximum Gasteiger partial charge on any atom is 0.306 e. The van der Waals surface area contributed by atoms with Crippen LogP contribution in [-0.2, 0) is 14.3 Å². The molecule has 132 valence electrons. The Kier molecular flexibility index (Phi) is 2.96. The summed E-state index contributed by atoms with van der Waals surface area (Å²) in [6.45, 7) is 4.67. The van der Waals surface area contributed by atoms with Crippen molar-refractivity contribution in [2.45, 2.75) is 64.4 Å². The molecule has 5 rings (SSSR count). The summed E-state index contributed by atoms with van der Waals surface area (Å²) in [6, 6.07) is 0. The van der Waals surface area contributed by atoms with E-state index in [0.29, 0.717) is 24.7 Å². The van der Waals surface area contributed by atoms with Crippen molar-refractivity contribution >= 4 is 11.8 Å². The lowest BCUT2D eigenvalue weighted by Gasteiger charge is -2.52. The minimum Gasteiger partial charge on any atom is -0.458 e. The minimum absolute atomic E-state index is 0.0107. The molecule has 1 saturated heterocycles. The van der Waals surface area contributed by atoms with E-state index in [0.717, 1.165) is 32.1 Å². The summed E-state index contributed by atoms with van der Waals surface area (Å²) in [7, 11) is 0. The summed E-state index contributed by atoms with van der Waals surface area (Å²) in [5.41, 5.74) is 2.51. The van der Waals surface area contributed by atoms with Crippen LogP contribution >= 0.6 is 0 Å². The number of carbonyl (C=O) groups excluding carboxylic acids is 2. The van der Waals surface area contributed by atoms with Crippen molar-refractivity contribution in [3.63, 3.8) is 0 Å². The van der Waals surface area contributed by atoms with Gasteiger partial charge in [-0.15, -0.1) is 0 Å². The Morgan fingerprint density at radius 3 is 2.72 bits per heavy atom. The molecule has 0 aromatic carbocycles. The molecule has 3 nitrogen and oxygen atoms in total. The Morgan fingerprint density at radius 1 is 1.12 bits per heavy atom. The number of fused-ring (bicyclic) bond motifs is 6. The van der Waals surface area contributed by atoms with Crippen LogP contribution in [0.3, 0.4) is 0 Å². The molecule has 1 heterocycles. The van der Waals surface area contributed by atoms with Gasteiger partial charge in [0.1, 0.15) is 5.60 Å². The van der Waals surface area contributed by atoms with Crippen molar-refractivity contribution in [3.8, 4) is 0 Å². The normalized spacial score (nSPS) is 47.8. The first-order valence-corrected chi connectivity index (χ1v) is 9.74. The highest BCUT2D eigenvalue weighted by molar-refractivity contribution is 5.92. The van der Waals surface area contributed by atoms with Crippen molar-refractivity contribution in [2.75, 3.05) is 0 Å². The van der Waals surface area contributed by atoms with E-state index in [4.69, 9.17) is 4.74 Å². The summed E-state index contributed by atoms with van der Waals surface area (Å²) in [6.07, 6.45) is 15.0. The van der Waals surface area contributed by atoms with Crippen molar-refractivity contribution in [1.29, 1.82) is 0 Å². The fourth-order valence-corrected chi connectivity index (χ4v) is 6.62. The third-order valence-electron chi connectivity index (χ3n) is 8.24. The summed E-state index contributed by atoms with van der Waals surface area (Å²) >= 11 is 0. The zero-order valence-electron chi connectivity index (χ0n) is 15.1.